The zero-order valence-electron chi connectivity index (χ0n) is 5.67. The van der Waals surface area contributed by atoms with Gasteiger partial charge in [-0.2, -0.15) is 0 Å². The minimum atomic E-state index is -1.14. The Morgan fingerprint density at radius 1 is 1.58 bits per heavy atom. The molecule has 62 valence electrons. The molecule has 0 spiro atoms. The molecule has 0 atom stereocenters. The predicted octanol–water partition coefficient (Wildman–Crippen LogP) is 1.98. The molecule has 0 saturated carbocycles. The Morgan fingerprint density at radius 2 is 2.33 bits per heavy atom. The normalized spacial score (nSPS) is 10.8. The third kappa shape index (κ3) is 1.12. The highest BCUT2D eigenvalue weighted by atomic mass is 35.5. The monoisotopic (exact) mass is 217 g/mol. The molecule has 0 bridgehead atoms. The van der Waals surface area contributed by atoms with E-state index in [1.165, 1.54) is 11.3 Å². The number of rotatable bonds is 1. The summed E-state index contributed by atoms with van der Waals surface area (Å²) in [6.45, 7) is 0. The number of fused-ring (bicyclic) bond motifs is 1. The summed E-state index contributed by atoms with van der Waals surface area (Å²) in [6.07, 6.45) is 0. The standard InChI is InChI=1S/C7H3ClO2S2/c8-3-2-11-4-1-5(7(9)10)12-6(3)4/h1-2H,(H,9,10)/p-1. The number of thiophene rings is 2. The molecule has 0 aromatic carbocycles. The van der Waals surface area contributed by atoms with Crippen LogP contribution in [0.15, 0.2) is 11.4 Å². The van der Waals surface area contributed by atoms with Gasteiger partial charge in [0.25, 0.3) is 0 Å². The van der Waals surface area contributed by atoms with Gasteiger partial charge in [0.2, 0.25) is 0 Å². The Bertz CT molecular complexity index is 443. The molecule has 0 N–H and O–H groups in total. The van der Waals surface area contributed by atoms with Crippen LogP contribution in [-0.2, 0) is 0 Å². The van der Waals surface area contributed by atoms with Crippen LogP contribution in [-0.4, -0.2) is 5.97 Å². The summed E-state index contributed by atoms with van der Waals surface area (Å²) in [6, 6.07) is 1.59. The lowest BCUT2D eigenvalue weighted by atomic mass is 10.4. The smallest absolute Gasteiger partial charge is 0.0815 e. The second-order valence-electron chi connectivity index (χ2n) is 2.18. The van der Waals surface area contributed by atoms with Crippen LogP contribution in [0, 0.1) is 0 Å². The minimum absolute atomic E-state index is 0.235. The number of aromatic carboxylic acids is 1. The zero-order chi connectivity index (χ0) is 8.72. The summed E-state index contributed by atoms with van der Waals surface area (Å²) in [5.74, 6) is -1.14. The molecule has 0 aliphatic carbocycles. The van der Waals surface area contributed by atoms with Gasteiger partial charge in [0.05, 0.1) is 20.6 Å². The topological polar surface area (TPSA) is 40.1 Å². The number of hydrogen-bond acceptors (Lipinski definition) is 4. The van der Waals surface area contributed by atoms with Gasteiger partial charge in [-0.1, -0.05) is 11.6 Å². The molecule has 2 heterocycles. The molecular weight excluding hydrogens is 216 g/mol. The molecule has 0 fully saturated rings. The van der Waals surface area contributed by atoms with Gasteiger partial charge in [-0.25, -0.2) is 0 Å². The lowest BCUT2D eigenvalue weighted by Gasteiger charge is -1.92. The van der Waals surface area contributed by atoms with Gasteiger partial charge >= 0.3 is 0 Å². The van der Waals surface area contributed by atoms with Gasteiger partial charge < -0.3 is 9.90 Å². The highest BCUT2D eigenvalue weighted by Crippen LogP contribution is 2.36. The van der Waals surface area contributed by atoms with Crippen LogP contribution >= 0.6 is 34.3 Å². The quantitative estimate of drug-likeness (QED) is 0.733. The van der Waals surface area contributed by atoms with Crippen LogP contribution in [0.2, 0.25) is 5.02 Å². The van der Waals surface area contributed by atoms with Crippen molar-refractivity contribution in [1.29, 1.82) is 0 Å². The summed E-state index contributed by atoms with van der Waals surface area (Å²) < 4.78 is 1.74. The first kappa shape index (κ1) is 8.04. The fourth-order valence-electron chi connectivity index (χ4n) is 0.898. The van der Waals surface area contributed by atoms with Crippen LogP contribution in [0.5, 0.6) is 0 Å². The van der Waals surface area contributed by atoms with Crippen molar-refractivity contribution in [2.24, 2.45) is 0 Å². The predicted molar refractivity (Wildman–Crippen MR) is 49.0 cm³/mol. The van der Waals surface area contributed by atoms with E-state index < -0.39 is 5.97 Å². The third-order valence-corrected chi connectivity index (χ3v) is 4.15. The molecule has 12 heavy (non-hydrogen) atoms. The van der Waals surface area contributed by atoms with Gasteiger partial charge in [0.15, 0.2) is 0 Å². The molecule has 2 nitrogen and oxygen atoms in total. The molecule has 2 aromatic heterocycles. The molecule has 0 aliphatic heterocycles. The molecule has 0 unspecified atom stereocenters. The second kappa shape index (κ2) is 2.73. The highest BCUT2D eigenvalue weighted by molar-refractivity contribution is 7.28. The maximum Gasteiger partial charge on any atom is 0.0815 e. The van der Waals surface area contributed by atoms with E-state index >= 15 is 0 Å². The molecule has 0 radical (unpaired) electrons. The van der Waals surface area contributed by atoms with E-state index in [0.29, 0.717) is 5.02 Å². The van der Waals surface area contributed by atoms with E-state index in [1.54, 1.807) is 11.4 Å². The molecule has 0 amide bonds. The Balaban J connectivity index is 2.70. The van der Waals surface area contributed by atoms with Crippen molar-refractivity contribution < 1.29 is 9.90 Å². The van der Waals surface area contributed by atoms with Crippen molar-refractivity contribution in [1.82, 2.24) is 0 Å². The third-order valence-electron chi connectivity index (χ3n) is 1.41. The van der Waals surface area contributed by atoms with Crippen molar-refractivity contribution in [2.45, 2.75) is 0 Å². The summed E-state index contributed by atoms with van der Waals surface area (Å²) in [5.41, 5.74) is 0. The summed E-state index contributed by atoms with van der Waals surface area (Å²) in [5, 5.41) is 12.9. The summed E-state index contributed by atoms with van der Waals surface area (Å²) in [7, 11) is 0. The van der Waals surface area contributed by atoms with Crippen LogP contribution in [0.4, 0.5) is 0 Å². The molecule has 0 aliphatic rings. The van der Waals surface area contributed by atoms with Crippen LogP contribution in [0.1, 0.15) is 9.67 Å². The van der Waals surface area contributed by atoms with Gasteiger partial charge in [0.1, 0.15) is 0 Å². The van der Waals surface area contributed by atoms with Crippen molar-refractivity contribution in [2.75, 3.05) is 0 Å². The van der Waals surface area contributed by atoms with Crippen LogP contribution in [0.25, 0.3) is 9.40 Å². The van der Waals surface area contributed by atoms with Gasteiger partial charge in [-0.05, 0) is 6.07 Å². The first-order chi connectivity index (χ1) is 5.68. The maximum atomic E-state index is 10.4. The first-order valence-corrected chi connectivity index (χ1v) is 5.14. The first-order valence-electron chi connectivity index (χ1n) is 3.06. The second-order valence-corrected chi connectivity index (χ2v) is 4.55. The fourth-order valence-corrected chi connectivity index (χ4v) is 3.27. The van der Waals surface area contributed by atoms with Gasteiger partial charge in [-0.15, -0.1) is 22.7 Å². The van der Waals surface area contributed by atoms with E-state index in [4.69, 9.17) is 11.6 Å². The highest BCUT2D eigenvalue weighted by Gasteiger charge is 2.07. The van der Waals surface area contributed by atoms with Crippen LogP contribution < -0.4 is 5.11 Å². The van der Waals surface area contributed by atoms with Crippen LogP contribution in [0.3, 0.4) is 0 Å². The number of hydrogen-bond donors (Lipinski definition) is 0. The number of carboxylic acids is 1. The van der Waals surface area contributed by atoms with Gasteiger partial charge in [-0.3, -0.25) is 0 Å². The van der Waals surface area contributed by atoms with E-state index in [1.807, 2.05) is 0 Å². The number of carbonyl (C=O) groups is 1. The fraction of sp³-hybridized carbons (Fsp3) is 0. The average Bonchev–Trinajstić information content (AvgIpc) is 2.53. The Hall–Kier alpha value is -0.580. The Labute approximate surface area is 81.0 Å². The number of carbonyl (C=O) groups excluding carboxylic acids is 1. The van der Waals surface area contributed by atoms with Gasteiger partial charge in [0, 0.05) is 10.1 Å². The van der Waals surface area contributed by atoms with E-state index in [9.17, 15) is 9.90 Å². The molecular formula is C7H2ClO2S2-. The largest absolute Gasteiger partial charge is 0.544 e. The SMILES string of the molecule is O=C([O-])c1cc2scc(Cl)c2s1. The van der Waals surface area contributed by atoms with E-state index in [0.717, 1.165) is 20.7 Å². The summed E-state index contributed by atoms with van der Waals surface area (Å²) >= 11 is 8.39. The Morgan fingerprint density at radius 3 is 2.92 bits per heavy atom. The molecule has 2 aromatic rings. The average molecular weight is 218 g/mol. The molecule has 2 rings (SSSR count). The van der Waals surface area contributed by atoms with Crippen molar-refractivity contribution in [3.63, 3.8) is 0 Å². The lowest BCUT2D eigenvalue weighted by Crippen LogP contribution is -2.20. The van der Waals surface area contributed by atoms with Crippen molar-refractivity contribution >= 4 is 49.6 Å². The number of halogens is 1. The zero-order valence-corrected chi connectivity index (χ0v) is 8.05. The van der Waals surface area contributed by atoms with E-state index in [2.05, 4.69) is 0 Å². The maximum absolute atomic E-state index is 10.4. The van der Waals surface area contributed by atoms with E-state index in [-0.39, 0.29) is 4.88 Å². The lowest BCUT2D eigenvalue weighted by molar-refractivity contribution is -0.254. The van der Waals surface area contributed by atoms with Crippen molar-refractivity contribution in [3.05, 3.63) is 21.3 Å². The summed E-state index contributed by atoms with van der Waals surface area (Å²) in [4.78, 5) is 10.7. The van der Waals surface area contributed by atoms with Crippen molar-refractivity contribution in [3.8, 4) is 0 Å². The number of carboxylic acid groups (broad SMARTS) is 1. The Kier molecular flexibility index (Phi) is 1.83. The molecule has 0 saturated heterocycles. The molecule has 5 heteroatoms. The minimum Gasteiger partial charge on any atom is -0.544 e.